The summed E-state index contributed by atoms with van der Waals surface area (Å²) in [5.74, 6) is -2.05. The highest BCUT2D eigenvalue weighted by atomic mass is 32.1. The van der Waals surface area contributed by atoms with Gasteiger partial charge in [-0.1, -0.05) is 6.07 Å². The molecule has 0 atom stereocenters. The van der Waals surface area contributed by atoms with E-state index in [4.69, 9.17) is 0 Å². The molecule has 23 heavy (non-hydrogen) atoms. The van der Waals surface area contributed by atoms with Gasteiger partial charge in [0, 0.05) is 5.38 Å². The van der Waals surface area contributed by atoms with Crippen LogP contribution < -0.4 is 0 Å². The molecule has 3 aromatic rings. The van der Waals surface area contributed by atoms with Gasteiger partial charge in [0.2, 0.25) is 0 Å². The number of methoxy groups -OCH3 is 1. The van der Waals surface area contributed by atoms with Crippen LogP contribution in [0.2, 0.25) is 0 Å². The van der Waals surface area contributed by atoms with E-state index in [1.807, 2.05) is 0 Å². The van der Waals surface area contributed by atoms with E-state index < -0.39 is 17.6 Å². The number of carbonyl (C=O) groups is 1. The fraction of sp³-hybridized carbons (Fsp3) is 0.143. The van der Waals surface area contributed by atoms with Crippen molar-refractivity contribution in [2.75, 3.05) is 7.11 Å². The predicted molar refractivity (Wildman–Crippen MR) is 77.9 cm³/mol. The highest BCUT2D eigenvalue weighted by molar-refractivity contribution is 7.09. The van der Waals surface area contributed by atoms with Crippen molar-refractivity contribution in [1.29, 1.82) is 0 Å². The highest BCUT2D eigenvalue weighted by Crippen LogP contribution is 2.27. The molecular formula is C14H10F2N4O2S. The number of halogens is 2. The van der Waals surface area contributed by atoms with Gasteiger partial charge < -0.3 is 4.74 Å². The van der Waals surface area contributed by atoms with Crippen molar-refractivity contribution in [3.05, 3.63) is 52.4 Å². The topological polar surface area (TPSA) is 69.9 Å². The molecule has 118 valence electrons. The van der Waals surface area contributed by atoms with E-state index in [1.54, 1.807) is 5.38 Å². The van der Waals surface area contributed by atoms with Crippen LogP contribution in [0.5, 0.6) is 0 Å². The Balaban J connectivity index is 1.83. The number of aromatic nitrogens is 4. The number of hydrogen-bond acceptors (Lipinski definition) is 6. The molecule has 3 rings (SSSR count). The lowest BCUT2D eigenvalue weighted by Crippen LogP contribution is -2.06. The van der Waals surface area contributed by atoms with Gasteiger partial charge in [-0.25, -0.2) is 28.2 Å². The van der Waals surface area contributed by atoms with Crippen LogP contribution in [-0.2, 0) is 11.3 Å². The van der Waals surface area contributed by atoms with Crippen LogP contribution in [-0.4, -0.2) is 32.8 Å². The van der Waals surface area contributed by atoms with Gasteiger partial charge >= 0.3 is 5.97 Å². The van der Waals surface area contributed by atoms with Gasteiger partial charge in [-0.05, 0) is 12.1 Å². The molecule has 0 unspecified atom stereocenters. The summed E-state index contributed by atoms with van der Waals surface area (Å²) in [6.07, 6.45) is 1.36. The second-order valence-corrected chi connectivity index (χ2v) is 5.42. The van der Waals surface area contributed by atoms with Gasteiger partial charge in [0.05, 0.1) is 24.9 Å². The molecule has 6 nitrogen and oxygen atoms in total. The number of carbonyl (C=O) groups excluding carboxylic acids is 1. The smallest absolute Gasteiger partial charge is 0.377 e. The molecule has 0 fully saturated rings. The minimum absolute atomic E-state index is 0.0653. The molecule has 0 aliphatic rings. The lowest BCUT2D eigenvalue weighted by Gasteiger charge is -2.00. The van der Waals surface area contributed by atoms with E-state index in [9.17, 15) is 13.6 Å². The largest absolute Gasteiger partial charge is 0.463 e. The lowest BCUT2D eigenvalue weighted by atomic mass is 10.1. The molecule has 2 heterocycles. The van der Waals surface area contributed by atoms with E-state index in [1.165, 1.54) is 47.7 Å². The zero-order chi connectivity index (χ0) is 16.4. The summed E-state index contributed by atoms with van der Waals surface area (Å²) in [4.78, 5) is 19.3. The third kappa shape index (κ3) is 3.09. The van der Waals surface area contributed by atoms with E-state index in [-0.39, 0.29) is 23.6 Å². The molecule has 0 aliphatic heterocycles. The molecular weight excluding hydrogens is 326 g/mol. The predicted octanol–water partition coefficient (Wildman–Crippen LogP) is 2.51. The molecule has 0 N–H and O–H groups in total. The Morgan fingerprint density at radius 1 is 1.35 bits per heavy atom. The van der Waals surface area contributed by atoms with Crippen molar-refractivity contribution in [3.8, 4) is 11.3 Å². The fourth-order valence-corrected chi connectivity index (χ4v) is 2.71. The standard InChI is InChI=1S/C14H10F2N4O2S/c1-22-14(21)13-17-7-20(19-13)5-11-18-10(6-23-11)12-8(15)3-2-4-9(12)16/h2-4,6-7H,5H2,1H3. The monoisotopic (exact) mass is 336 g/mol. The Morgan fingerprint density at radius 3 is 2.78 bits per heavy atom. The summed E-state index contributed by atoms with van der Waals surface area (Å²) in [5, 5.41) is 6.08. The Kier molecular flexibility index (Phi) is 4.11. The lowest BCUT2D eigenvalue weighted by molar-refractivity contribution is 0.0586. The van der Waals surface area contributed by atoms with Crippen molar-refractivity contribution >= 4 is 17.3 Å². The average molecular weight is 336 g/mol. The fourth-order valence-electron chi connectivity index (χ4n) is 1.94. The van der Waals surface area contributed by atoms with Crippen LogP contribution in [0.15, 0.2) is 29.9 Å². The Labute approximate surface area is 133 Å². The summed E-state index contributed by atoms with van der Waals surface area (Å²) in [6.45, 7) is 0.227. The van der Waals surface area contributed by atoms with Crippen molar-refractivity contribution < 1.29 is 18.3 Å². The van der Waals surface area contributed by atoms with Gasteiger partial charge in [-0.15, -0.1) is 16.4 Å². The summed E-state index contributed by atoms with van der Waals surface area (Å²) < 4.78 is 33.4. The molecule has 0 bridgehead atoms. The second kappa shape index (κ2) is 6.21. The number of nitrogens with zero attached hydrogens (tertiary/aromatic N) is 4. The summed E-state index contributed by atoms with van der Waals surface area (Å²) >= 11 is 1.23. The maximum Gasteiger partial charge on any atom is 0.377 e. The van der Waals surface area contributed by atoms with Gasteiger partial charge in [0.25, 0.3) is 5.82 Å². The van der Waals surface area contributed by atoms with E-state index >= 15 is 0 Å². The number of rotatable bonds is 4. The van der Waals surface area contributed by atoms with E-state index in [0.29, 0.717) is 5.01 Å². The van der Waals surface area contributed by atoms with Crippen molar-refractivity contribution in [2.24, 2.45) is 0 Å². The summed E-state index contributed by atoms with van der Waals surface area (Å²) in [6, 6.07) is 3.65. The number of ether oxygens (including phenoxy) is 1. The SMILES string of the molecule is COC(=O)c1ncn(Cc2nc(-c3c(F)cccc3F)cs2)n1. The second-order valence-electron chi connectivity index (χ2n) is 4.48. The molecule has 2 aromatic heterocycles. The van der Waals surface area contributed by atoms with Crippen LogP contribution in [0.3, 0.4) is 0 Å². The first-order chi connectivity index (χ1) is 11.1. The van der Waals surface area contributed by atoms with Gasteiger partial charge in [0.1, 0.15) is 23.0 Å². The average Bonchev–Trinajstić information content (AvgIpc) is 3.17. The van der Waals surface area contributed by atoms with Crippen molar-refractivity contribution in [1.82, 2.24) is 19.7 Å². The van der Waals surface area contributed by atoms with E-state index in [0.717, 1.165) is 0 Å². The first-order valence-electron chi connectivity index (χ1n) is 6.45. The molecule has 1 aromatic carbocycles. The van der Waals surface area contributed by atoms with Crippen molar-refractivity contribution in [2.45, 2.75) is 6.54 Å². The first-order valence-corrected chi connectivity index (χ1v) is 7.33. The Hall–Kier alpha value is -2.68. The minimum atomic E-state index is -0.671. The maximum absolute atomic E-state index is 13.7. The van der Waals surface area contributed by atoms with Crippen LogP contribution in [0.1, 0.15) is 15.6 Å². The first kappa shape index (κ1) is 15.2. The van der Waals surface area contributed by atoms with Crippen LogP contribution in [0.4, 0.5) is 8.78 Å². The third-order valence-corrected chi connectivity index (χ3v) is 3.81. The van der Waals surface area contributed by atoms with E-state index in [2.05, 4.69) is 19.8 Å². The molecule has 9 heteroatoms. The summed E-state index contributed by atoms with van der Waals surface area (Å²) in [7, 11) is 1.24. The Bertz CT molecular complexity index is 842. The van der Waals surface area contributed by atoms with Gasteiger partial charge in [-0.2, -0.15) is 0 Å². The molecule has 0 amide bonds. The molecule has 0 spiro atoms. The molecule has 0 radical (unpaired) electrons. The maximum atomic E-state index is 13.7. The normalized spacial score (nSPS) is 10.7. The van der Waals surface area contributed by atoms with Gasteiger partial charge in [-0.3, -0.25) is 0 Å². The minimum Gasteiger partial charge on any atom is -0.463 e. The summed E-state index contributed by atoms with van der Waals surface area (Å²) in [5.41, 5.74) is 0.0535. The number of esters is 1. The third-order valence-electron chi connectivity index (χ3n) is 2.97. The molecule has 0 saturated carbocycles. The van der Waals surface area contributed by atoms with Crippen LogP contribution >= 0.6 is 11.3 Å². The van der Waals surface area contributed by atoms with Gasteiger partial charge in [0.15, 0.2) is 0 Å². The number of benzene rings is 1. The van der Waals surface area contributed by atoms with Crippen LogP contribution in [0, 0.1) is 11.6 Å². The number of hydrogen-bond donors (Lipinski definition) is 0. The molecule has 0 saturated heterocycles. The van der Waals surface area contributed by atoms with Crippen LogP contribution in [0.25, 0.3) is 11.3 Å². The molecule has 0 aliphatic carbocycles. The number of thiazole rings is 1. The zero-order valence-electron chi connectivity index (χ0n) is 11.9. The quantitative estimate of drug-likeness (QED) is 0.685. The highest BCUT2D eigenvalue weighted by Gasteiger charge is 2.16. The van der Waals surface area contributed by atoms with Crippen molar-refractivity contribution in [3.63, 3.8) is 0 Å². The zero-order valence-corrected chi connectivity index (χ0v) is 12.7. The Morgan fingerprint density at radius 2 is 2.09 bits per heavy atom.